The number of aromatic nitrogens is 5. The van der Waals surface area contributed by atoms with Crippen LogP contribution >= 0.6 is 0 Å². The maximum atomic E-state index is 12.2. The van der Waals surface area contributed by atoms with Crippen molar-refractivity contribution in [3.05, 3.63) is 68.6 Å². The van der Waals surface area contributed by atoms with Crippen LogP contribution in [0.1, 0.15) is 50.0 Å². The van der Waals surface area contributed by atoms with Crippen LogP contribution in [0.2, 0.25) is 0 Å². The third-order valence-corrected chi connectivity index (χ3v) is 5.99. The Morgan fingerprint density at radius 3 is 2.69 bits per heavy atom. The number of hydroxylamine groups is 2. The normalized spacial score (nSPS) is 19.0. The minimum Gasteiger partial charge on any atom is -0.274 e. The van der Waals surface area contributed by atoms with E-state index in [2.05, 4.69) is 46.5 Å². The first kappa shape index (κ1) is 22.2. The number of benzene rings is 1. The number of H-pyrrole nitrogens is 1. The predicted octanol–water partition coefficient (Wildman–Crippen LogP) is 2.67. The lowest BCUT2D eigenvalue weighted by atomic mass is 10.0. The molecule has 32 heavy (non-hydrogen) atoms. The van der Waals surface area contributed by atoms with Crippen LogP contribution in [-0.2, 0) is 17.8 Å². The maximum Gasteiger partial charge on any atom is 0.330 e. The number of likely N-dealkylation sites (N-methyl/N-ethyl adjacent to an activating group) is 1. The minimum absolute atomic E-state index is 0.00891. The lowest BCUT2D eigenvalue weighted by Crippen LogP contribution is -2.33. The Balaban J connectivity index is 1.41. The molecule has 1 saturated heterocycles. The number of hydrogen-bond acceptors (Lipinski definition) is 6. The summed E-state index contributed by atoms with van der Waals surface area (Å²) in [5.74, 6) is 0. The van der Waals surface area contributed by atoms with E-state index in [1.165, 1.54) is 29.4 Å². The van der Waals surface area contributed by atoms with Crippen molar-refractivity contribution in [2.45, 2.75) is 64.8 Å². The molecule has 1 aliphatic rings. The number of hydrogen-bond donors (Lipinski definition) is 1. The topological polar surface area (TPSA) is 98.0 Å². The first-order valence-electron chi connectivity index (χ1n) is 11.2. The van der Waals surface area contributed by atoms with Crippen molar-refractivity contribution in [1.82, 2.24) is 29.6 Å². The third kappa shape index (κ3) is 4.89. The molecular formula is C23H30N6O3. The summed E-state index contributed by atoms with van der Waals surface area (Å²) in [6.07, 6.45) is 8.39. The standard InChI is InChI=1S/C23H30N6O3/c1-4-5-6-7-17-8-10-18(11-9-17)20-15-28(26-25-20)14-19-12-21(32-27(19)3)29-13-16(2)22(30)24-23(29)31/h8-11,13,15,19,21H,4-7,12,14H2,1-3H3,(H,24,30,31)/t19-,21+/m1/s1. The Hall–Kier alpha value is -3.04. The van der Waals surface area contributed by atoms with Gasteiger partial charge in [-0.3, -0.25) is 23.9 Å². The molecule has 2 aromatic heterocycles. The molecule has 1 fully saturated rings. The fraction of sp³-hybridized carbons (Fsp3) is 0.478. The van der Waals surface area contributed by atoms with Gasteiger partial charge in [0.25, 0.3) is 5.56 Å². The van der Waals surface area contributed by atoms with Gasteiger partial charge >= 0.3 is 5.69 Å². The van der Waals surface area contributed by atoms with E-state index in [4.69, 9.17) is 4.84 Å². The molecular weight excluding hydrogens is 408 g/mol. The first-order valence-corrected chi connectivity index (χ1v) is 11.2. The van der Waals surface area contributed by atoms with Gasteiger partial charge in [0, 0.05) is 30.8 Å². The summed E-state index contributed by atoms with van der Waals surface area (Å²) in [5.41, 5.74) is 2.84. The number of nitrogens with one attached hydrogen (secondary N) is 1. The second-order valence-electron chi connectivity index (χ2n) is 8.45. The molecule has 0 spiro atoms. The average Bonchev–Trinajstić information content (AvgIpc) is 3.38. The number of aryl methyl sites for hydroxylation is 2. The van der Waals surface area contributed by atoms with Crippen LogP contribution < -0.4 is 11.2 Å². The second-order valence-corrected chi connectivity index (χ2v) is 8.45. The number of nitrogens with zero attached hydrogens (tertiary/aromatic N) is 5. The van der Waals surface area contributed by atoms with Gasteiger partial charge in [0.2, 0.25) is 0 Å². The molecule has 9 nitrogen and oxygen atoms in total. The SMILES string of the molecule is CCCCCc1ccc(-c2cn(C[C@H]3C[C@@H](n4cc(C)c(=O)[nH]c4=O)ON3C)nn2)cc1. The van der Waals surface area contributed by atoms with Gasteiger partial charge in [0.05, 0.1) is 18.8 Å². The molecule has 9 heteroatoms. The van der Waals surface area contributed by atoms with Crippen LogP contribution in [0.4, 0.5) is 0 Å². The number of aromatic amines is 1. The maximum absolute atomic E-state index is 12.2. The van der Waals surface area contributed by atoms with Gasteiger partial charge in [0.1, 0.15) is 5.69 Å². The highest BCUT2D eigenvalue weighted by Gasteiger charge is 2.33. The van der Waals surface area contributed by atoms with Gasteiger partial charge in [-0.15, -0.1) is 5.10 Å². The van der Waals surface area contributed by atoms with Gasteiger partial charge in [-0.25, -0.2) is 4.79 Å². The van der Waals surface area contributed by atoms with E-state index in [1.807, 2.05) is 13.2 Å². The fourth-order valence-electron chi connectivity index (χ4n) is 4.01. The smallest absolute Gasteiger partial charge is 0.274 e. The van der Waals surface area contributed by atoms with Gasteiger partial charge in [-0.1, -0.05) is 49.2 Å². The predicted molar refractivity (Wildman–Crippen MR) is 121 cm³/mol. The van der Waals surface area contributed by atoms with Crippen LogP contribution in [0.3, 0.4) is 0 Å². The molecule has 3 aromatic rings. The van der Waals surface area contributed by atoms with Crippen molar-refractivity contribution in [2.75, 3.05) is 7.05 Å². The molecule has 0 amide bonds. The summed E-state index contributed by atoms with van der Waals surface area (Å²) < 4.78 is 3.24. The first-order chi connectivity index (χ1) is 15.4. The Kier molecular flexibility index (Phi) is 6.66. The highest BCUT2D eigenvalue weighted by atomic mass is 16.7. The van der Waals surface area contributed by atoms with E-state index in [9.17, 15) is 9.59 Å². The molecule has 1 N–H and O–H groups in total. The Labute approximate surface area is 186 Å². The molecule has 0 radical (unpaired) electrons. The number of rotatable bonds is 8. The Morgan fingerprint density at radius 1 is 1.16 bits per heavy atom. The van der Waals surface area contributed by atoms with Crippen LogP contribution in [0, 0.1) is 6.92 Å². The lowest BCUT2D eigenvalue weighted by molar-refractivity contribution is -0.168. The van der Waals surface area contributed by atoms with E-state index in [0.29, 0.717) is 18.5 Å². The molecule has 0 unspecified atom stereocenters. The molecule has 0 bridgehead atoms. The highest BCUT2D eigenvalue weighted by molar-refractivity contribution is 5.57. The third-order valence-electron chi connectivity index (χ3n) is 5.99. The average molecular weight is 439 g/mol. The van der Waals surface area contributed by atoms with E-state index in [-0.39, 0.29) is 11.6 Å². The number of unbranched alkanes of at least 4 members (excludes halogenated alkanes) is 2. The largest absolute Gasteiger partial charge is 0.330 e. The van der Waals surface area contributed by atoms with Crippen molar-refractivity contribution in [1.29, 1.82) is 0 Å². The molecule has 3 heterocycles. The molecule has 1 aliphatic heterocycles. The summed E-state index contributed by atoms with van der Waals surface area (Å²) in [6, 6.07) is 8.53. The van der Waals surface area contributed by atoms with E-state index in [1.54, 1.807) is 22.9 Å². The van der Waals surface area contributed by atoms with Crippen LogP contribution in [0.15, 0.2) is 46.2 Å². The zero-order valence-corrected chi connectivity index (χ0v) is 18.8. The summed E-state index contributed by atoms with van der Waals surface area (Å²) in [4.78, 5) is 32.0. The van der Waals surface area contributed by atoms with Gasteiger partial charge in [0.15, 0.2) is 6.23 Å². The Morgan fingerprint density at radius 2 is 1.94 bits per heavy atom. The summed E-state index contributed by atoms with van der Waals surface area (Å²) in [7, 11) is 1.84. The molecule has 0 saturated carbocycles. The van der Waals surface area contributed by atoms with Crippen molar-refractivity contribution in [3.63, 3.8) is 0 Å². The molecule has 2 atom stereocenters. The van der Waals surface area contributed by atoms with Crippen LogP contribution in [0.5, 0.6) is 0 Å². The van der Waals surface area contributed by atoms with Crippen molar-refractivity contribution in [2.24, 2.45) is 0 Å². The van der Waals surface area contributed by atoms with E-state index < -0.39 is 11.9 Å². The zero-order valence-electron chi connectivity index (χ0n) is 18.8. The zero-order chi connectivity index (χ0) is 22.7. The molecule has 1 aromatic carbocycles. The quantitative estimate of drug-likeness (QED) is 0.543. The lowest BCUT2D eigenvalue weighted by Gasteiger charge is -2.16. The fourth-order valence-corrected chi connectivity index (χ4v) is 4.01. The van der Waals surface area contributed by atoms with Crippen molar-refractivity contribution in [3.8, 4) is 11.3 Å². The van der Waals surface area contributed by atoms with Crippen molar-refractivity contribution < 1.29 is 4.84 Å². The van der Waals surface area contributed by atoms with Crippen molar-refractivity contribution >= 4 is 0 Å². The monoisotopic (exact) mass is 438 g/mol. The molecule has 0 aliphatic carbocycles. The highest BCUT2D eigenvalue weighted by Crippen LogP contribution is 2.28. The van der Waals surface area contributed by atoms with Gasteiger partial charge in [-0.2, -0.15) is 5.06 Å². The van der Waals surface area contributed by atoms with Gasteiger partial charge in [-0.05, 0) is 25.3 Å². The molecule has 170 valence electrons. The molecule has 4 rings (SSSR count). The summed E-state index contributed by atoms with van der Waals surface area (Å²) in [6.45, 7) is 4.46. The summed E-state index contributed by atoms with van der Waals surface area (Å²) in [5, 5.41) is 10.4. The van der Waals surface area contributed by atoms with E-state index in [0.717, 1.165) is 17.7 Å². The van der Waals surface area contributed by atoms with Gasteiger partial charge < -0.3 is 0 Å². The summed E-state index contributed by atoms with van der Waals surface area (Å²) >= 11 is 0. The minimum atomic E-state index is -0.476. The van der Waals surface area contributed by atoms with Crippen LogP contribution in [0.25, 0.3) is 11.3 Å². The Bertz CT molecular complexity index is 1160. The second kappa shape index (κ2) is 9.62. The van der Waals surface area contributed by atoms with E-state index >= 15 is 0 Å². The van der Waals surface area contributed by atoms with Crippen LogP contribution in [-0.4, -0.2) is 42.7 Å².